The highest BCUT2D eigenvalue weighted by Crippen LogP contribution is 2.38. The Morgan fingerprint density at radius 2 is 2.14 bits per heavy atom. The maximum absolute atomic E-state index is 13.3. The lowest BCUT2D eigenvalue weighted by atomic mass is 10.0. The zero-order chi connectivity index (χ0) is 16.4. The van der Waals surface area contributed by atoms with Crippen LogP contribution in [-0.2, 0) is 9.63 Å². The minimum atomic E-state index is -1.22. The molecule has 0 saturated carbocycles. The molecule has 1 aromatic rings. The third kappa shape index (κ3) is 3.00. The van der Waals surface area contributed by atoms with Gasteiger partial charge < -0.3 is 5.11 Å². The van der Waals surface area contributed by atoms with Gasteiger partial charge in [-0.1, -0.05) is 17.7 Å². The molecule has 1 N–H and O–H groups in total. The van der Waals surface area contributed by atoms with E-state index in [0.29, 0.717) is 18.4 Å². The summed E-state index contributed by atoms with van der Waals surface area (Å²) in [7, 11) is 2.75. The number of hydroxylamine groups is 2. The third-order valence-corrected chi connectivity index (χ3v) is 4.09. The number of rotatable bonds is 3. The number of nitrogens with zero attached hydrogens (tertiary/aromatic N) is 2. The van der Waals surface area contributed by atoms with Gasteiger partial charge in [0.25, 0.3) is 5.91 Å². The van der Waals surface area contributed by atoms with Crippen LogP contribution in [0.3, 0.4) is 0 Å². The quantitative estimate of drug-likeness (QED) is 0.865. The molecule has 0 radical (unpaired) electrons. The van der Waals surface area contributed by atoms with Crippen molar-refractivity contribution in [2.75, 3.05) is 14.2 Å². The standard InChI is InChI=1S/C14H16ClFN2O4/c1-17(22-2)13(19)12-6-5-11(18(12)14(20)21)8-3-4-10(16)9(15)7-8/h3-4,7,11-12H,5-6H2,1-2H3,(H,20,21)/t11-,12+/m0/s1. The molecular weight excluding hydrogens is 315 g/mol. The molecule has 8 heteroatoms. The largest absolute Gasteiger partial charge is 0.465 e. The number of carbonyl (C=O) groups is 2. The zero-order valence-corrected chi connectivity index (χ0v) is 12.9. The molecule has 1 aromatic carbocycles. The highest BCUT2D eigenvalue weighted by Gasteiger charge is 2.43. The van der Waals surface area contributed by atoms with Gasteiger partial charge in [-0.3, -0.25) is 14.5 Å². The average molecular weight is 331 g/mol. The minimum absolute atomic E-state index is 0.0772. The lowest BCUT2D eigenvalue weighted by Gasteiger charge is -2.29. The molecule has 2 atom stereocenters. The molecule has 0 aromatic heterocycles. The lowest BCUT2D eigenvalue weighted by molar-refractivity contribution is -0.173. The van der Waals surface area contributed by atoms with Crippen molar-refractivity contribution in [3.05, 3.63) is 34.6 Å². The first-order valence-corrected chi connectivity index (χ1v) is 7.02. The zero-order valence-electron chi connectivity index (χ0n) is 12.1. The van der Waals surface area contributed by atoms with Crippen molar-refractivity contribution >= 4 is 23.6 Å². The molecule has 120 valence electrons. The average Bonchev–Trinajstić information content (AvgIpc) is 2.93. The summed E-state index contributed by atoms with van der Waals surface area (Å²) in [6, 6.07) is 2.68. The summed E-state index contributed by atoms with van der Waals surface area (Å²) in [5.74, 6) is -1.02. The minimum Gasteiger partial charge on any atom is -0.465 e. The van der Waals surface area contributed by atoms with Gasteiger partial charge in [0.05, 0.1) is 18.2 Å². The Balaban J connectivity index is 2.31. The first-order chi connectivity index (χ1) is 10.4. The second kappa shape index (κ2) is 6.50. The predicted octanol–water partition coefficient (Wildman–Crippen LogP) is 2.68. The fourth-order valence-electron chi connectivity index (χ4n) is 2.67. The van der Waals surface area contributed by atoms with Crippen molar-refractivity contribution in [1.82, 2.24) is 9.96 Å². The predicted molar refractivity (Wildman–Crippen MR) is 76.8 cm³/mol. The Bertz CT molecular complexity index is 598. The molecule has 2 rings (SSSR count). The van der Waals surface area contributed by atoms with E-state index in [1.807, 2.05) is 0 Å². The van der Waals surface area contributed by atoms with Crippen LogP contribution >= 0.6 is 11.6 Å². The van der Waals surface area contributed by atoms with Crippen LogP contribution in [0.5, 0.6) is 0 Å². The lowest BCUT2D eigenvalue weighted by Crippen LogP contribution is -2.46. The Morgan fingerprint density at radius 3 is 2.68 bits per heavy atom. The monoisotopic (exact) mass is 330 g/mol. The van der Waals surface area contributed by atoms with E-state index in [0.717, 1.165) is 9.96 Å². The van der Waals surface area contributed by atoms with Crippen LogP contribution in [0.2, 0.25) is 5.02 Å². The Labute approximate surface area is 132 Å². The summed E-state index contributed by atoms with van der Waals surface area (Å²) < 4.78 is 13.3. The fourth-order valence-corrected chi connectivity index (χ4v) is 2.86. The van der Waals surface area contributed by atoms with Gasteiger partial charge in [0.1, 0.15) is 11.9 Å². The van der Waals surface area contributed by atoms with E-state index in [4.69, 9.17) is 16.4 Å². The van der Waals surface area contributed by atoms with E-state index >= 15 is 0 Å². The third-order valence-electron chi connectivity index (χ3n) is 3.80. The Morgan fingerprint density at radius 1 is 1.45 bits per heavy atom. The number of carbonyl (C=O) groups excluding carboxylic acids is 1. The number of likely N-dealkylation sites (tertiary alicyclic amines) is 1. The first-order valence-electron chi connectivity index (χ1n) is 6.64. The summed E-state index contributed by atoms with van der Waals surface area (Å²) in [6.45, 7) is 0. The molecular formula is C14H16ClFN2O4. The van der Waals surface area contributed by atoms with Crippen molar-refractivity contribution < 1.29 is 23.9 Å². The van der Waals surface area contributed by atoms with E-state index in [9.17, 15) is 19.1 Å². The summed E-state index contributed by atoms with van der Waals surface area (Å²) in [5.41, 5.74) is 0.559. The van der Waals surface area contributed by atoms with Crippen LogP contribution in [0, 0.1) is 5.82 Å². The molecule has 0 aliphatic carbocycles. The molecule has 2 amide bonds. The van der Waals surface area contributed by atoms with Crippen molar-refractivity contribution in [3.8, 4) is 0 Å². The van der Waals surface area contributed by atoms with Gasteiger partial charge in [-0.2, -0.15) is 0 Å². The second-order valence-electron chi connectivity index (χ2n) is 4.99. The number of hydrogen-bond donors (Lipinski definition) is 1. The number of amides is 2. The second-order valence-corrected chi connectivity index (χ2v) is 5.40. The van der Waals surface area contributed by atoms with Gasteiger partial charge >= 0.3 is 6.09 Å². The molecule has 1 heterocycles. The number of benzene rings is 1. The smallest absolute Gasteiger partial charge is 0.408 e. The maximum Gasteiger partial charge on any atom is 0.408 e. The van der Waals surface area contributed by atoms with Crippen molar-refractivity contribution in [3.63, 3.8) is 0 Å². The van der Waals surface area contributed by atoms with Gasteiger partial charge in [0.15, 0.2) is 0 Å². The summed E-state index contributed by atoms with van der Waals surface area (Å²) in [6.07, 6.45) is -0.411. The Kier molecular flexibility index (Phi) is 4.87. The highest BCUT2D eigenvalue weighted by molar-refractivity contribution is 6.30. The van der Waals surface area contributed by atoms with E-state index in [1.54, 1.807) is 0 Å². The molecule has 1 saturated heterocycles. The van der Waals surface area contributed by atoms with Crippen LogP contribution in [0.15, 0.2) is 18.2 Å². The molecule has 0 unspecified atom stereocenters. The number of carboxylic acid groups (broad SMARTS) is 1. The van der Waals surface area contributed by atoms with Crippen molar-refractivity contribution in [2.45, 2.75) is 24.9 Å². The van der Waals surface area contributed by atoms with Crippen molar-refractivity contribution in [2.24, 2.45) is 0 Å². The van der Waals surface area contributed by atoms with Crippen LogP contribution in [0.4, 0.5) is 9.18 Å². The van der Waals surface area contributed by atoms with Gasteiger partial charge in [0, 0.05) is 7.05 Å². The van der Waals surface area contributed by atoms with Gasteiger partial charge in [-0.15, -0.1) is 0 Å². The first kappa shape index (κ1) is 16.5. The van der Waals surface area contributed by atoms with Crippen LogP contribution in [-0.4, -0.2) is 47.3 Å². The Hall–Kier alpha value is -1.86. The van der Waals surface area contributed by atoms with Crippen LogP contribution in [0.25, 0.3) is 0 Å². The summed E-state index contributed by atoms with van der Waals surface area (Å²) in [4.78, 5) is 29.7. The van der Waals surface area contributed by atoms with E-state index < -0.39 is 29.9 Å². The normalized spacial score (nSPS) is 21.0. The molecule has 1 aliphatic rings. The topological polar surface area (TPSA) is 70.1 Å². The maximum atomic E-state index is 13.3. The molecule has 1 aliphatic heterocycles. The van der Waals surface area contributed by atoms with Gasteiger partial charge in [0.2, 0.25) is 0 Å². The summed E-state index contributed by atoms with van der Waals surface area (Å²) in [5, 5.41) is 10.4. The van der Waals surface area contributed by atoms with Gasteiger partial charge in [-0.25, -0.2) is 14.2 Å². The van der Waals surface area contributed by atoms with Crippen LogP contribution in [0.1, 0.15) is 24.4 Å². The van der Waals surface area contributed by atoms with E-state index in [-0.39, 0.29) is 5.02 Å². The van der Waals surface area contributed by atoms with Gasteiger partial charge in [-0.05, 0) is 30.5 Å². The molecule has 22 heavy (non-hydrogen) atoms. The molecule has 0 bridgehead atoms. The number of hydrogen-bond acceptors (Lipinski definition) is 3. The highest BCUT2D eigenvalue weighted by atomic mass is 35.5. The molecule has 0 spiro atoms. The number of halogens is 2. The molecule has 6 nitrogen and oxygen atoms in total. The van der Waals surface area contributed by atoms with Crippen molar-refractivity contribution in [1.29, 1.82) is 0 Å². The molecule has 1 fully saturated rings. The number of likely N-dealkylation sites (N-methyl/N-ethyl adjacent to an activating group) is 1. The van der Waals surface area contributed by atoms with Crippen LogP contribution < -0.4 is 0 Å². The van der Waals surface area contributed by atoms with E-state index in [1.165, 1.54) is 32.4 Å². The fraction of sp³-hybridized carbons (Fsp3) is 0.429. The van der Waals surface area contributed by atoms with E-state index in [2.05, 4.69) is 0 Å². The SMILES string of the molecule is CON(C)C(=O)[C@H]1CC[C@@H](c2ccc(F)c(Cl)c2)N1C(=O)O. The summed E-state index contributed by atoms with van der Waals surface area (Å²) >= 11 is 5.76.